The molecule has 5 rings (SSSR count). The summed E-state index contributed by atoms with van der Waals surface area (Å²) in [6, 6.07) is 12.6. The molecule has 1 amide bonds. The summed E-state index contributed by atoms with van der Waals surface area (Å²) in [5.41, 5.74) is 3.61. The monoisotopic (exact) mass is 467 g/mol. The Labute approximate surface area is 194 Å². The van der Waals surface area contributed by atoms with Gasteiger partial charge in [0.1, 0.15) is 5.82 Å². The first-order valence-electron chi connectivity index (χ1n) is 11.5. The van der Waals surface area contributed by atoms with Crippen molar-refractivity contribution >= 4 is 32.7 Å². The van der Waals surface area contributed by atoms with E-state index in [0.717, 1.165) is 28.1 Å². The second-order valence-corrected chi connectivity index (χ2v) is 11.0. The molecule has 0 unspecified atom stereocenters. The van der Waals surface area contributed by atoms with Gasteiger partial charge in [0.2, 0.25) is 15.9 Å². The Balaban J connectivity index is 1.15. The molecule has 0 radical (unpaired) electrons. The zero-order chi connectivity index (χ0) is 23.0. The van der Waals surface area contributed by atoms with Gasteiger partial charge in [-0.3, -0.25) is 9.69 Å². The number of carbonyl (C=O) groups is 1. The van der Waals surface area contributed by atoms with E-state index < -0.39 is 10.0 Å². The van der Waals surface area contributed by atoms with Crippen LogP contribution in [-0.4, -0.2) is 66.2 Å². The first-order valence-corrected chi connectivity index (χ1v) is 12.9. The summed E-state index contributed by atoms with van der Waals surface area (Å²) in [6.45, 7) is 3.93. The Morgan fingerprint density at radius 2 is 1.82 bits per heavy atom. The molecule has 3 aromatic rings. The quantitative estimate of drug-likeness (QED) is 0.581. The highest BCUT2D eigenvalue weighted by atomic mass is 32.2. The number of hydrogen-bond donors (Lipinski definition) is 2. The van der Waals surface area contributed by atoms with Crippen LogP contribution in [0.3, 0.4) is 0 Å². The summed E-state index contributed by atoms with van der Waals surface area (Å²) in [6.07, 6.45) is 3.63. The lowest BCUT2D eigenvalue weighted by atomic mass is 9.85. The van der Waals surface area contributed by atoms with Crippen LogP contribution in [-0.2, 0) is 14.8 Å². The highest BCUT2D eigenvalue weighted by Gasteiger charge is 2.29. The minimum atomic E-state index is -3.51. The molecule has 0 spiro atoms. The second kappa shape index (κ2) is 8.89. The van der Waals surface area contributed by atoms with E-state index in [-0.39, 0.29) is 12.5 Å². The van der Waals surface area contributed by atoms with Crippen LogP contribution in [0.15, 0.2) is 47.4 Å². The van der Waals surface area contributed by atoms with Crippen molar-refractivity contribution in [3.05, 3.63) is 53.9 Å². The number of rotatable bonds is 6. The van der Waals surface area contributed by atoms with Crippen molar-refractivity contribution < 1.29 is 13.2 Å². The number of hydrogen-bond acceptors (Lipinski definition) is 5. The number of imidazole rings is 1. The normalized spacial score (nSPS) is 18.3. The first kappa shape index (κ1) is 22.1. The third-order valence-corrected chi connectivity index (χ3v) is 8.55. The average molecular weight is 468 g/mol. The van der Waals surface area contributed by atoms with E-state index in [4.69, 9.17) is 0 Å². The fourth-order valence-electron chi connectivity index (χ4n) is 4.37. The predicted molar refractivity (Wildman–Crippen MR) is 128 cm³/mol. The molecule has 8 nitrogen and oxygen atoms in total. The number of aromatic amines is 1. The highest BCUT2D eigenvalue weighted by Crippen LogP contribution is 2.35. The van der Waals surface area contributed by atoms with E-state index >= 15 is 0 Å². The fraction of sp³-hybridized carbons (Fsp3) is 0.417. The Morgan fingerprint density at radius 3 is 2.48 bits per heavy atom. The molecule has 174 valence electrons. The van der Waals surface area contributed by atoms with Gasteiger partial charge in [-0.05, 0) is 50.1 Å². The van der Waals surface area contributed by atoms with Crippen molar-refractivity contribution in [1.82, 2.24) is 19.2 Å². The van der Waals surface area contributed by atoms with E-state index in [0.29, 0.717) is 37.0 Å². The largest absolute Gasteiger partial charge is 0.342 e. The topological polar surface area (TPSA) is 98.4 Å². The molecule has 0 bridgehead atoms. The van der Waals surface area contributed by atoms with Crippen molar-refractivity contribution in [3.63, 3.8) is 0 Å². The third kappa shape index (κ3) is 4.66. The van der Waals surface area contributed by atoms with Crippen LogP contribution in [0.25, 0.3) is 11.0 Å². The van der Waals surface area contributed by atoms with Gasteiger partial charge < -0.3 is 10.3 Å². The van der Waals surface area contributed by atoms with Gasteiger partial charge >= 0.3 is 0 Å². The lowest BCUT2D eigenvalue weighted by Crippen LogP contribution is -2.50. The van der Waals surface area contributed by atoms with Crippen LogP contribution in [0, 0.1) is 6.92 Å². The van der Waals surface area contributed by atoms with Gasteiger partial charge in [-0.15, -0.1) is 0 Å². The van der Waals surface area contributed by atoms with Crippen molar-refractivity contribution in [2.24, 2.45) is 0 Å². The SMILES string of the molecule is Cc1ccc(S(=O)(=O)N2CCN(CC(=O)Nc3ccc4nc(C5CCC5)[nH]c4c3)CC2)cc1. The van der Waals surface area contributed by atoms with Gasteiger partial charge in [0, 0.05) is 37.8 Å². The molecule has 0 atom stereocenters. The molecular weight excluding hydrogens is 438 g/mol. The summed E-state index contributed by atoms with van der Waals surface area (Å²) >= 11 is 0. The van der Waals surface area contributed by atoms with Crippen LogP contribution in [0.4, 0.5) is 5.69 Å². The minimum absolute atomic E-state index is 0.108. The Kier molecular flexibility index (Phi) is 5.94. The number of aryl methyl sites for hydroxylation is 1. The molecule has 1 aromatic heterocycles. The Bertz CT molecular complexity index is 1260. The molecule has 1 aliphatic heterocycles. The van der Waals surface area contributed by atoms with E-state index in [1.807, 2.05) is 42.2 Å². The van der Waals surface area contributed by atoms with Gasteiger partial charge in [0.05, 0.1) is 22.5 Å². The van der Waals surface area contributed by atoms with Crippen LogP contribution >= 0.6 is 0 Å². The maximum atomic E-state index is 12.9. The molecule has 1 saturated heterocycles. The molecule has 2 N–H and O–H groups in total. The molecule has 2 aliphatic rings. The number of carbonyl (C=O) groups excluding carboxylic acids is 1. The molecule has 1 aliphatic carbocycles. The number of nitrogens with one attached hydrogen (secondary N) is 2. The van der Waals surface area contributed by atoms with Crippen LogP contribution in [0.1, 0.15) is 36.6 Å². The summed E-state index contributed by atoms with van der Waals surface area (Å²) in [5, 5.41) is 2.96. The van der Waals surface area contributed by atoms with Gasteiger partial charge in [-0.25, -0.2) is 13.4 Å². The maximum Gasteiger partial charge on any atom is 0.243 e. The van der Waals surface area contributed by atoms with Crippen molar-refractivity contribution in [2.45, 2.75) is 37.0 Å². The number of nitrogens with zero attached hydrogens (tertiary/aromatic N) is 3. The van der Waals surface area contributed by atoms with E-state index in [2.05, 4.69) is 15.3 Å². The van der Waals surface area contributed by atoms with Crippen molar-refractivity contribution in [1.29, 1.82) is 0 Å². The van der Waals surface area contributed by atoms with Crippen molar-refractivity contribution in [3.8, 4) is 0 Å². The van der Waals surface area contributed by atoms with Gasteiger partial charge in [-0.1, -0.05) is 24.1 Å². The van der Waals surface area contributed by atoms with Crippen molar-refractivity contribution in [2.75, 3.05) is 38.0 Å². The van der Waals surface area contributed by atoms with Crippen LogP contribution in [0.5, 0.6) is 0 Å². The number of anilines is 1. The van der Waals surface area contributed by atoms with E-state index in [9.17, 15) is 13.2 Å². The number of amides is 1. The highest BCUT2D eigenvalue weighted by molar-refractivity contribution is 7.89. The number of benzene rings is 2. The number of H-pyrrole nitrogens is 1. The number of fused-ring (bicyclic) bond motifs is 1. The Hall–Kier alpha value is -2.75. The summed E-state index contributed by atoms with van der Waals surface area (Å²) in [7, 11) is -3.51. The molecule has 1 saturated carbocycles. The third-order valence-electron chi connectivity index (χ3n) is 6.63. The van der Waals surface area contributed by atoms with E-state index in [1.165, 1.54) is 23.6 Å². The minimum Gasteiger partial charge on any atom is -0.342 e. The van der Waals surface area contributed by atoms with Gasteiger partial charge in [0.25, 0.3) is 0 Å². The summed E-state index contributed by atoms with van der Waals surface area (Å²) in [5.74, 6) is 1.46. The standard InChI is InChI=1S/C24H29N5O3S/c1-17-5-8-20(9-6-17)33(31,32)29-13-11-28(12-14-29)16-23(30)25-19-7-10-21-22(15-19)27-24(26-21)18-3-2-4-18/h5-10,15,18H,2-4,11-14,16H2,1H3,(H,25,30)(H,26,27). The number of sulfonamides is 1. The molecule has 33 heavy (non-hydrogen) atoms. The van der Waals surface area contributed by atoms with E-state index in [1.54, 1.807) is 12.1 Å². The molecule has 2 heterocycles. The summed E-state index contributed by atoms with van der Waals surface area (Å²) < 4.78 is 27.2. The predicted octanol–water partition coefficient (Wildman–Crippen LogP) is 3.08. The number of aromatic nitrogens is 2. The molecular formula is C24H29N5O3S. The van der Waals surface area contributed by atoms with Crippen LogP contribution < -0.4 is 5.32 Å². The van der Waals surface area contributed by atoms with Crippen LogP contribution in [0.2, 0.25) is 0 Å². The molecule has 9 heteroatoms. The number of piperazine rings is 1. The smallest absolute Gasteiger partial charge is 0.243 e. The second-order valence-electron chi connectivity index (χ2n) is 9.02. The first-order chi connectivity index (χ1) is 15.9. The van der Waals surface area contributed by atoms with Gasteiger partial charge in [-0.2, -0.15) is 4.31 Å². The summed E-state index contributed by atoms with van der Waals surface area (Å²) in [4.78, 5) is 23.0. The maximum absolute atomic E-state index is 12.9. The molecule has 2 fully saturated rings. The lowest BCUT2D eigenvalue weighted by molar-refractivity contribution is -0.117. The Morgan fingerprint density at radius 1 is 1.09 bits per heavy atom. The average Bonchev–Trinajstić information content (AvgIpc) is 3.15. The zero-order valence-corrected chi connectivity index (χ0v) is 19.6. The van der Waals surface area contributed by atoms with Gasteiger partial charge in [0.15, 0.2) is 0 Å². The fourth-order valence-corrected chi connectivity index (χ4v) is 5.80. The zero-order valence-electron chi connectivity index (χ0n) is 18.8. The lowest BCUT2D eigenvalue weighted by Gasteiger charge is -2.33. The molecule has 2 aromatic carbocycles.